The summed E-state index contributed by atoms with van der Waals surface area (Å²) >= 11 is 0. The zero-order valence-electron chi connectivity index (χ0n) is 10.5. The number of unbranched alkanes of at least 4 members (excludes halogenated alkanes) is 1. The molecule has 0 saturated carbocycles. The Hall–Kier alpha value is -0.820. The minimum absolute atomic E-state index is 0.581. The highest BCUT2D eigenvalue weighted by Crippen LogP contribution is 2.24. The van der Waals surface area contributed by atoms with Gasteiger partial charge in [0.2, 0.25) is 0 Å². The van der Waals surface area contributed by atoms with Crippen molar-refractivity contribution in [2.24, 2.45) is 0 Å². The maximum atomic E-state index is 2.33. The Kier molecular flexibility index (Phi) is 4.34. The summed E-state index contributed by atoms with van der Waals surface area (Å²) in [5.41, 5.74) is 1.44. The van der Waals surface area contributed by atoms with E-state index in [1.807, 2.05) is 0 Å². The van der Waals surface area contributed by atoms with Crippen molar-refractivity contribution in [2.45, 2.75) is 32.7 Å². The summed E-state index contributed by atoms with van der Waals surface area (Å²) in [4.78, 5) is 0. The number of hydrogen-bond acceptors (Lipinski definition) is 0. The number of nitrogens with zero attached hydrogens (tertiary/aromatic N) is 1. The summed E-state index contributed by atoms with van der Waals surface area (Å²) in [7, 11) is 4.65. The molecule has 1 aromatic carbocycles. The fourth-order valence-corrected chi connectivity index (χ4v) is 1.89. The molecule has 0 N–H and O–H groups in total. The number of quaternary nitrogens is 1. The first-order chi connectivity index (χ1) is 7.08. The van der Waals surface area contributed by atoms with Crippen LogP contribution < -0.4 is 0 Å². The van der Waals surface area contributed by atoms with Gasteiger partial charge >= 0.3 is 0 Å². The van der Waals surface area contributed by atoms with Crippen LogP contribution in [0.4, 0.5) is 0 Å². The zero-order valence-corrected chi connectivity index (χ0v) is 10.5. The van der Waals surface area contributed by atoms with E-state index in [1.165, 1.54) is 24.9 Å². The van der Waals surface area contributed by atoms with Gasteiger partial charge in [0.1, 0.15) is 6.04 Å². The molecular formula is C14H24N+. The maximum absolute atomic E-state index is 2.33. The second-order valence-corrected chi connectivity index (χ2v) is 4.94. The van der Waals surface area contributed by atoms with Gasteiger partial charge in [-0.2, -0.15) is 0 Å². The van der Waals surface area contributed by atoms with Crippen LogP contribution in [-0.2, 0) is 0 Å². The fourth-order valence-electron chi connectivity index (χ4n) is 1.89. The summed E-state index contributed by atoms with van der Waals surface area (Å²) in [6, 6.07) is 11.4. The lowest BCUT2D eigenvalue weighted by molar-refractivity contribution is -0.919. The molecule has 1 aromatic rings. The van der Waals surface area contributed by atoms with Crippen molar-refractivity contribution in [1.29, 1.82) is 0 Å². The van der Waals surface area contributed by atoms with Gasteiger partial charge in [0.25, 0.3) is 0 Å². The quantitative estimate of drug-likeness (QED) is 0.645. The highest BCUT2D eigenvalue weighted by atomic mass is 15.3. The number of benzene rings is 1. The van der Waals surface area contributed by atoms with E-state index in [1.54, 1.807) is 0 Å². The highest BCUT2D eigenvalue weighted by molar-refractivity contribution is 5.16. The largest absolute Gasteiger partial charge is 0.323 e. The summed E-state index contributed by atoms with van der Waals surface area (Å²) in [6.45, 7) is 5.84. The third-order valence-electron chi connectivity index (χ3n) is 3.42. The Morgan fingerprint density at radius 2 is 1.73 bits per heavy atom. The van der Waals surface area contributed by atoms with Crippen LogP contribution in [0.3, 0.4) is 0 Å². The molecule has 0 saturated heterocycles. The van der Waals surface area contributed by atoms with Crippen LogP contribution in [0.2, 0.25) is 0 Å². The average molecular weight is 206 g/mol. The van der Waals surface area contributed by atoms with Crippen LogP contribution in [0.15, 0.2) is 30.3 Å². The molecule has 0 fully saturated rings. The first-order valence-electron chi connectivity index (χ1n) is 5.95. The molecule has 0 aliphatic carbocycles. The molecule has 1 atom stereocenters. The third-order valence-corrected chi connectivity index (χ3v) is 3.42. The summed E-state index contributed by atoms with van der Waals surface area (Å²) in [5.74, 6) is 0. The lowest BCUT2D eigenvalue weighted by Gasteiger charge is -2.36. The van der Waals surface area contributed by atoms with E-state index in [0.29, 0.717) is 6.04 Å². The van der Waals surface area contributed by atoms with Gasteiger partial charge in [-0.05, 0) is 13.3 Å². The third kappa shape index (κ3) is 3.35. The molecule has 0 aromatic heterocycles. The van der Waals surface area contributed by atoms with Crippen molar-refractivity contribution >= 4 is 0 Å². The van der Waals surface area contributed by atoms with Crippen molar-refractivity contribution < 1.29 is 4.48 Å². The monoisotopic (exact) mass is 206 g/mol. The minimum Gasteiger partial charge on any atom is -0.323 e. The molecular weight excluding hydrogens is 182 g/mol. The van der Waals surface area contributed by atoms with Gasteiger partial charge in [0, 0.05) is 5.56 Å². The molecule has 0 amide bonds. The smallest absolute Gasteiger partial charge is 0.111 e. The van der Waals surface area contributed by atoms with Crippen LogP contribution in [0.1, 0.15) is 38.3 Å². The number of rotatable bonds is 5. The van der Waals surface area contributed by atoms with Crippen molar-refractivity contribution in [3.05, 3.63) is 35.9 Å². The van der Waals surface area contributed by atoms with Gasteiger partial charge in [0.15, 0.2) is 0 Å². The van der Waals surface area contributed by atoms with E-state index in [2.05, 4.69) is 58.3 Å². The van der Waals surface area contributed by atoms with Crippen LogP contribution in [0, 0.1) is 0 Å². The summed E-state index contributed by atoms with van der Waals surface area (Å²) in [6.07, 6.45) is 2.59. The molecule has 15 heavy (non-hydrogen) atoms. The molecule has 0 bridgehead atoms. The zero-order chi connectivity index (χ0) is 11.3. The van der Waals surface area contributed by atoms with Crippen LogP contribution in [0.5, 0.6) is 0 Å². The molecule has 0 aliphatic heterocycles. The van der Waals surface area contributed by atoms with Crippen molar-refractivity contribution in [1.82, 2.24) is 0 Å². The Morgan fingerprint density at radius 1 is 1.13 bits per heavy atom. The lowest BCUT2D eigenvalue weighted by Crippen LogP contribution is -2.42. The van der Waals surface area contributed by atoms with Gasteiger partial charge in [-0.1, -0.05) is 43.7 Å². The Labute approximate surface area is 94.3 Å². The van der Waals surface area contributed by atoms with E-state index >= 15 is 0 Å². The lowest BCUT2D eigenvalue weighted by atomic mass is 10.1. The average Bonchev–Trinajstić information content (AvgIpc) is 2.26. The van der Waals surface area contributed by atoms with E-state index in [0.717, 1.165) is 4.48 Å². The molecule has 0 heterocycles. The van der Waals surface area contributed by atoms with Crippen LogP contribution >= 0.6 is 0 Å². The predicted molar refractivity (Wildman–Crippen MR) is 66.7 cm³/mol. The second kappa shape index (κ2) is 5.32. The number of hydrogen-bond donors (Lipinski definition) is 0. The van der Waals surface area contributed by atoms with Gasteiger partial charge in [-0.25, -0.2) is 0 Å². The van der Waals surface area contributed by atoms with Crippen LogP contribution in [0.25, 0.3) is 0 Å². The first kappa shape index (κ1) is 12.3. The van der Waals surface area contributed by atoms with Crippen molar-refractivity contribution in [3.8, 4) is 0 Å². The molecule has 0 aliphatic rings. The first-order valence-corrected chi connectivity index (χ1v) is 5.95. The molecule has 1 unspecified atom stereocenters. The standard InChI is InChI=1S/C14H24N/c1-5-6-12-15(3,4)13(2)14-10-8-7-9-11-14/h7-11,13H,5-6,12H2,1-4H3/q+1. The normalized spacial score (nSPS) is 13.9. The van der Waals surface area contributed by atoms with Gasteiger partial charge in [0.05, 0.1) is 20.6 Å². The predicted octanol–water partition coefficient (Wildman–Crippen LogP) is 3.62. The molecule has 1 heteroatoms. The van der Waals surface area contributed by atoms with E-state index in [4.69, 9.17) is 0 Å². The molecule has 1 rings (SSSR count). The highest BCUT2D eigenvalue weighted by Gasteiger charge is 2.24. The van der Waals surface area contributed by atoms with Gasteiger partial charge < -0.3 is 4.48 Å². The van der Waals surface area contributed by atoms with Crippen molar-refractivity contribution in [3.63, 3.8) is 0 Å². The molecule has 0 spiro atoms. The van der Waals surface area contributed by atoms with Crippen LogP contribution in [-0.4, -0.2) is 25.1 Å². The second-order valence-electron chi connectivity index (χ2n) is 4.94. The Morgan fingerprint density at radius 3 is 2.27 bits per heavy atom. The fraction of sp³-hybridized carbons (Fsp3) is 0.571. The maximum Gasteiger partial charge on any atom is 0.111 e. The summed E-state index contributed by atoms with van der Waals surface area (Å²) < 4.78 is 1.08. The molecule has 84 valence electrons. The van der Waals surface area contributed by atoms with Crippen molar-refractivity contribution in [2.75, 3.05) is 20.6 Å². The Balaban J connectivity index is 2.70. The summed E-state index contributed by atoms with van der Waals surface area (Å²) in [5, 5.41) is 0. The molecule has 1 nitrogen and oxygen atoms in total. The van der Waals surface area contributed by atoms with Gasteiger partial charge in [-0.15, -0.1) is 0 Å². The van der Waals surface area contributed by atoms with E-state index in [-0.39, 0.29) is 0 Å². The van der Waals surface area contributed by atoms with Gasteiger partial charge in [-0.3, -0.25) is 0 Å². The SMILES string of the molecule is CCCC[N+](C)(C)C(C)c1ccccc1. The topological polar surface area (TPSA) is 0 Å². The Bertz CT molecular complexity index is 277. The minimum atomic E-state index is 0.581. The van der Waals surface area contributed by atoms with E-state index < -0.39 is 0 Å². The molecule has 0 radical (unpaired) electrons. The van der Waals surface area contributed by atoms with E-state index in [9.17, 15) is 0 Å².